The molecular weight excluding hydrogens is 494 g/mol. The number of nitrogens with one attached hydrogen (secondary N) is 1. The Bertz CT molecular complexity index is 1090. The number of ketones is 1. The van der Waals surface area contributed by atoms with Crippen LogP contribution in [0.5, 0.6) is 0 Å². The number of fused-ring (bicyclic) bond motifs is 3. The Morgan fingerprint density at radius 3 is 2.79 bits per heavy atom. The molecule has 0 aromatic carbocycles. The van der Waals surface area contributed by atoms with Gasteiger partial charge in [0, 0.05) is 24.5 Å². The van der Waals surface area contributed by atoms with Gasteiger partial charge in [-0.15, -0.1) is 0 Å². The molecule has 0 aliphatic heterocycles. The quantitative estimate of drug-likeness (QED) is 0.351. The highest BCUT2D eigenvalue weighted by Gasteiger charge is 2.49. The molecule has 2 fully saturated rings. The molecule has 0 spiro atoms. The van der Waals surface area contributed by atoms with Crippen LogP contribution in [0.15, 0.2) is 47.7 Å². The highest BCUT2D eigenvalue weighted by atomic mass is 16.5. The molecule has 4 aliphatic carbocycles. The molecule has 4 aliphatic rings. The van der Waals surface area contributed by atoms with Crippen molar-refractivity contribution in [3.63, 3.8) is 0 Å². The van der Waals surface area contributed by atoms with Gasteiger partial charge in [0.25, 0.3) is 0 Å². The van der Waals surface area contributed by atoms with E-state index in [0.29, 0.717) is 30.6 Å². The third-order valence-corrected chi connectivity index (χ3v) is 9.02. The molecule has 4 rings (SSSR count). The number of amides is 1. The Kier molecular flexibility index (Phi) is 10.9. The molecule has 8 atom stereocenters. The van der Waals surface area contributed by atoms with Crippen molar-refractivity contribution in [2.45, 2.75) is 65.4 Å². The van der Waals surface area contributed by atoms with Crippen LogP contribution in [-0.2, 0) is 14.3 Å². The van der Waals surface area contributed by atoms with Crippen molar-refractivity contribution in [3.05, 3.63) is 47.7 Å². The van der Waals surface area contributed by atoms with E-state index >= 15 is 0 Å². The van der Waals surface area contributed by atoms with Crippen LogP contribution in [0.4, 0.5) is 4.79 Å². The lowest BCUT2D eigenvalue weighted by molar-refractivity contribution is -0.111. The number of hydrogen-bond acceptors (Lipinski definition) is 6. The lowest BCUT2D eigenvalue weighted by Gasteiger charge is -2.49. The van der Waals surface area contributed by atoms with Gasteiger partial charge in [-0.2, -0.15) is 0 Å². The van der Waals surface area contributed by atoms with E-state index in [9.17, 15) is 19.5 Å². The average molecular weight is 538 g/mol. The normalized spacial score (nSPS) is 34.3. The topological polar surface area (TPSA) is 113 Å². The number of carbonyl (C=O) groups excluding carboxylic acids is 3. The average Bonchev–Trinajstić information content (AvgIpc) is 3.12. The van der Waals surface area contributed by atoms with E-state index in [2.05, 4.69) is 37.9 Å². The first-order valence-electron chi connectivity index (χ1n) is 14.1. The van der Waals surface area contributed by atoms with Gasteiger partial charge in [-0.3, -0.25) is 10.1 Å². The molecule has 0 radical (unpaired) electrons. The van der Waals surface area contributed by atoms with Gasteiger partial charge < -0.3 is 19.7 Å². The van der Waals surface area contributed by atoms with Gasteiger partial charge in [-0.25, -0.2) is 4.79 Å². The first-order valence-corrected chi connectivity index (χ1v) is 14.1. The van der Waals surface area contributed by atoms with Crippen molar-refractivity contribution in [1.29, 1.82) is 0 Å². The fraction of sp³-hybridized carbons (Fsp3) is 0.594. The molecule has 2 saturated carbocycles. The zero-order chi connectivity index (χ0) is 28.6. The number of carbonyl (C=O) groups is 3. The van der Waals surface area contributed by atoms with Gasteiger partial charge in [0.05, 0.1) is 24.3 Å². The van der Waals surface area contributed by atoms with Gasteiger partial charge in [0.2, 0.25) is 0 Å². The number of aliphatic hydroxyl groups excluding tert-OH is 2. The molecule has 7 nitrogen and oxygen atoms in total. The number of ether oxygens (including phenoxy) is 1. The number of hydrogen-bond donors (Lipinski definition) is 3. The summed E-state index contributed by atoms with van der Waals surface area (Å²) in [5.74, 6) is 6.40. The number of rotatable bonds is 5. The van der Waals surface area contributed by atoms with E-state index in [0.717, 1.165) is 45.5 Å². The summed E-state index contributed by atoms with van der Waals surface area (Å²) < 4.78 is 5.57. The number of aliphatic hydroxyl groups is 2. The number of allylic oxidation sites excluding steroid dienone is 7. The molecule has 1 amide bonds. The molecule has 0 saturated heterocycles. The second-order valence-electron chi connectivity index (χ2n) is 11.5. The van der Waals surface area contributed by atoms with Gasteiger partial charge in [0.1, 0.15) is 6.29 Å². The summed E-state index contributed by atoms with van der Waals surface area (Å²) in [6.07, 6.45) is 15.9. The van der Waals surface area contributed by atoms with Crippen molar-refractivity contribution >= 4 is 18.2 Å². The molecule has 0 heterocycles. The minimum Gasteiger partial charge on any atom is -0.449 e. The zero-order valence-electron chi connectivity index (χ0n) is 23.6. The van der Waals surface area contributed by atoms with Crippen LogP contribution in [0, 0.1) is 52.8 Å². The molecule has 212 valence electrons. The predicted octanol–water partition coefficient (Wildman–Crippen LogP) is 4.51. The van der Waals surface area contributed by atoms with Crippen LogP contribution < -0.4 is 5.32 Å². The summed E-state index contributed by atoms with van der Waals surface area (Å²) >= 11 is 0. The Balaban J connectivity index is 0.00000205. The minimum atomic E-state index is -0.540. The number of alkyl carbamates (subject to hydrolysis) is 1. The monoisotopic (exact) mass is 537 g/mol. The lowest BCUT2D eigenvalue weighted by Crippen LogP contribution is -2.46. The van der Waals surface area contributed by atoms with E-state index in [1.54, 1.807) is 30.4 Å². The highest BCUT2D eigenvalue weighted by Crippen LogP contribution is 2.54. The lowest BCUT2D eigenvalue weighted by atomic mass is 9.55. The van der Waals surface area contributed by atoms with E-state index < -0.39 is 18.1 Å². The molecule has 7 heteroatoms. The Hall–Kier alpha value is -2.95. The maximum Gasteiger partial charge on any atom is 0.411 e. The van der Waals surface area contributed by atoms with Gasteiger partial charge >= 0.3 is 6.09 Å². The van der Waals surface area contributed by atoms with Gasteiger partial charge in [-0.05, 0) is 67.6 Å². The highest BCUT2D eigenvalue weighted by molar-refractivity contribution is 6.01. The van der Waals surface area contributed by atoms with Crippen molar-refractivity contribution in [2.75, 3.05) is 13.7 Å². The Labute approximate surface area is 232 Å². The molecule has 0 aromatic heterocycles. The zero-order valence-corrected chi connectivity index (χ0v) is 23.6. The van der Waals surface area contributed by atoms with E-state index in [1.807, 2.05) is 6.08 Å². The van der Waals surface area contributed by atoms with Crippen LogP contribution in [0.25, 0.3) is 0 Å². The summed E-state index contributed by atoms with van der Waals surface area (Å²) in [5.41, 5.74) is 1.40. The second-order valence-corrected chi connectivity index (χ2v) is 11.5. The maximum atomic E-state index is 12.4. The summed E-state index contributed by atoms with van der Waals surface area (Å²) in [6, 6.07) is 0. The summed E-state index contributed by atoms with van der Waals surface area (Å²) in [4.78, 5) is 35.4. The van der Waals surface area contributed by atoms with Crippen LogP contribution in [-0.4, -0.2) is 48.2 Å². The third kappa shape index (κ3) is 7.38. The third-order valence-electron chi connectivity index (χ3n) is 9.02. The van der Waals surface area contributed by atoms with Crippen molar-refractivity contribution < 1.29 is 29.3 Å². The van der Waals surface area contributed by atoms with E-state index in [1.165, 1.54) is 5.57 Å². The smallest absolute Gasteiger partial charge is 0.411 e. The molecule has 7 unspecified atom stereocenters. The summed E-state index contributed by atoms with van der Waals surface area (Å²) in [7, 11) is 1.00. The Morgan fingerprint density at radius 2 is 2.05 bits per heavy atom. The van der Waals surface area contributed by atoms with Crippen molar-refractivity contribution in [1.82, 2.24) is 5.32 Å². The minimum absolute atomic E-state index is 0.0548. The first-order chi connectivity index (χ1) is 18.7. The van der Waals surface area contributed by atoms with E-state index in [4.69, 9.17) is 9.84 Å². The fourth-order valence-electron chi connectivity index (χ4n) is 7.06. The van der Waals surface area contributed by atoms with Crippen LogP contribution in [0.2, 0.25) is 0 Å². The largest absolute Gasteiger partial charge is 0.449 e. The molecule has 39 heavy (non-hydrogen) atoms. The predicted molar refractivity (Wildman–Crippen MR) is 150 cm³/mol. The molecule has 0 bridgehead atoms. The fourth-order valence-corrected chi connectivity index (χ4v) is 7.06. The van der Waals surface area contributed by atoms with E-state index in [-0.39, 0.29) is 29.0 Å². The maximum absolute atomic E-state index is 12.4. The first kappa shape index (κ1) is 30.6. The summed E-state index contributed by atoms with van der Waals surface area (Å²) in [5, 5.41) is 21.2. The molecular formula is C32H43NO6. The Morgan fingerprint density at radius 1 is 1.28 bits per heavy atom. The molecule has 3 N–H and O–H groups in total. The van der Waals surface area contributed by atoms with Crippen LogP contribution in [0.3, 0.4) is 0 Å². The van der Waals surface area contributed by atoms with Crippen LogP contribution >= 0.6 is 0 Å². The van der Waals surface area contributed by atoms with Gasteiger partial charge in [0.15, 0.2) is 5.78 Å². The summed E-state index contributed by atoms with van der Waals surface area (Å²) in [6.45, 7) is 6.81. The van der Waals surface area contributed by atoms with Crippen LogP contribution in [0.1, 0.15) is 59.3 Å². The SMILES string of the molecule is CC(COC(=O)NC1=CC#CC(C=O)C=C1)C1CCCC2CCC3=CC(=O)C=CC3(C)C2[C@@H](O)CC1C.CO. The standard InChI is InChI=1S/C31H39NO5.CH4O/c1-20-16-28(35)29-23(11-12-24-17-26(34)14-15-31(24,29)3)7-5-9-27(20)21(2)19-37-30(36)32-25-8-4-6-22(18-33)10-13-25;1-2/h8,10,13-15,17-18,20-23,27-29,35H,5,7,9,11-12,16,19H2,1-3H3,(H,32,36);2H,1H3/t20?,21?,22?,23?,27?,28-,29?,31?;/m0./s1. The van der Waals surface area contributed by atoms with Crippen molar-refractivity contribution in [2.24, 2.45) is 40.9 Å². The van der Waals surface area contributed by atoms with Crippen molar-refractivity contribution in [3.8, 4) is 11.8 Å². The second kappa shape index (κ2) is 13.9. The number of aldehydes is 1. The van der Waals surface area contributed by atoms with Gasteiger partial charge in [-0.1, -0.05) is 63.2 Å². The molecule has 0 aromatic rings.